The van der Waals surface area contributed by atoms with Crippen molar-refractivity contribution >= 4 is 29.2 Å². The number of phenolic OH excluding ortho intramolecular Hbond substituents is 1. The number of carbonyl (C=O) groups is 3. The zero-order valence-electron chi connectivity index (χ0n) is 24.7. The molecule has 0 saturated carbocycles. The lowest BCUT2D eigenvalue weighted by Gasteiger charge is -2.24. The van der Waals surface area contributed by atoms with E-state index in [0.717, 1.165) is 32.1 Å². The zero-order chi connectivity index (χ0) is 30.6. The SMILES string of the molecule is CCCCCCCC(=O)N(Cc1cc(Oc2c(C)cc(NC(=O)C(=O)OCC)cc2C)ccc1O)c1ccc(F)cc1. The van der Waals surface area contributed by atoms with Gasteiger partial charge in [0.05, 0.1) is 13.2 Å². The summed E-state index contributed by atoms with van der Waals surface area (Å²) in [7, 11) is 0. The van der Waals surface area contributed by atoms with Gasteiger partial charge in [-0.25, -0.2) is 9.18 Å². The van der Waals surface area contributed by atoms with Gasteiger partial charge < -0.3 is 24.8 Å². The molecule has 0 heterocycles. The van der Waals surface area contributed by atoms with Crippen molar-refractivity contribution < 1.29 is 33.4 Å². The number of halogens is 1. The summed E-state index contributed by atoms with van der Waals surface area (Å²) >= 11 is 0. The van der Waals surface area contributed by atoms with Crippen LogP contribution in [0.4, 0.5) is 15.8 Å². The van der Waals surface area contributed by atoms with Gasteiger partial charge in [0.15, 0.2) is 0 Å². The van der Waals surface area contributed by atoms with Gasteiger partial charge in [-0.15, -0.1) is 0 Å². The number of unbranched alkanes of at least 4 members (excludes halogenated alkanes) is 4. The van der Waals surface area contributed by atoms with Crippen LogP contribution in [-0.4, -0.2) is 29.5 Å². The van der Waals surface area contributed by atoms with E-state index < -0.39 is 17.7 Å². The van der Waals surface area contributed by atoms with Crippen LogP contribution in [0, 0.1) is 19.7 Å². The summed E-state index contributed by atoms with van der Waals surface area (Å²) in [6, 6.07) is 13.9. The van der Waals surface area contributed by atoms with E-state index in [2.05, 4.69) is 12.2 Å². The predicted molar refractivity (Wildman–Crippen MR) is 160 cm³/mol. The molecule has 3 rings (SSSR count). The Kier molecular flexibility index (Phi) is 11.9. The molecule has 0 saturated heterocycles. The Labute approximate surface area is 246 Å². The minimum absolute atomic E-state index is 0.00400. The van der Waals surface area contributed by atoms with Crippen molar-refractivity contribution in [1.29, 1.82) is 0 Å². The molecule has 8 nitrogen and oxygen atoms in total. The normalized spacial score (nSPS) is 10.7. The van der Waals surface area contributed by atoms with Gasteiger partial charge in [-0.05, 0) is 92.9 Å². The molecule has 9 heteroatoms. The second-order valence-electron chi connectivity index (χ2n) is 10.1. The summed E-state index contributed by atoms with van der Waals surface area (Å²) in [5, 5.41) is 13.2. The summed E-state index contributed by atoms with van der Waals surface area (Å²) in [5.74, 6) is -1.38. The smallest absolute Gasteiger partial charge is 0.397 e. The lowest BCUT2D eigenvalue weighted by atomic mass is 10.1. The number of nitrogens with zero attached hydrogens (tertiary/aromatic N) is 1. The van der Waals surface area contributed by atoms with Gasteiger partial charge in [0.1, 0.15) is 23.1 Å². The van der Waals surface area contributed by atoms with Crippen LogP contribution in [-0.2, 0) is 25.7 Å². The van der Waals surface area contributed by atoms with E-state index >= 15 is 0 Å². The molecule has 0 spiro atoms. The number of rotatable bonds is 13. The van der Waals surface area contributed by atoms with Crippen molar-refractivity contribution in [2.75, 3.05) is 16.8 Å². The summed E-state index contributed by atoms with van der Waals surface area (Å²) in [6.07, 6.45) is 5.35. The number of anilines is 2. The van der Waals surface area contributed by atoms with Gasteiger partial charge in [-0.2, -0.15) is 0 Å². The fourth-order valence-electron chi connectivity index (χ4n) is 4.56. The van der Waals surface area contributed by atoms with Crippen molar-refractivity contribution in [3.63, 3.8) is 0 Å². The first-order chi connectivity index (χ1) is 20.1. The number of aryl methyl sites for hydroxylation is 2. The van der Waals surface area contributed by atoms with E-state index in [1.54, 1.807) is 62.1 Å². The standard InChI is InChI=1S/C33H39FN2O6/c1-5-7-8-9-10-11-30(38)36(27-14-12-25(34)13-15-27)21-24-20-28(16-17-29(24)37)42-31-22(3)18-26(19-23(31)4)35-32(39)33(40)41-6-2/h12-20,37H,5-11,21H2,1-4H3,(H,35,39). The molecule has 0 aliphatic carbocycles. The molecular formula is C33H39FN2O6. The predicted octanol–water partition coefficient (Wildman–Crippen LogP) is 7.34. The second kappa shape index (κ2) is 15.6. The van der Waals surface area contributed by atoms with Gasteiger partial charge in [0.25, 0.3) is 0 Å². The Hall–Kier alpha value is -4.40. The Balaban J connectivity index is 1.81. The topological polar surface area (TPSA) is 105 Å². The molecule has 0 bridgehead atoms. The Bertz CT molecular complexity index is 1370. The fourth-order valence-corrected chi connectivity index (χ4v) is 4.56. The number of hydrogen-bond acceptors (Lipinski definition) is 6. The molecule has 2 N–H and O–H groups in total. The van der Waals surface area contributed by atoms with Crippen LogP contribution < -0.4 is 15.0 Å². The highest BCUT2D eigenvalue weighted by molar-refractivity contribution is 6.37. The first-order valence-corrected chi connectivity index (χ1v) is 14.3. The van der Waals surface area contributed by atoms with Crippen LogP contribution >= 0.6 is 0 Å². The average Bonchev–Trinajstić information content (AvgIpc) is 2.95. The number of aromatic hydroxyl groups is 1. The van der Waals surface area contributed by atoms with Gasteiger partial charge in [-0.1, -0.05) is 32.6 Å². The van der Waals surface area contributed by atoms with Crippen LogP contribution in [0.2, 0.25) is 0 Å². The van der Waals surface area contributed by atoms with Crippen LogP contribution in [0.25, 0.3) is 0 Å². The molecule has 0 fully saturated rings. The number of nitrogens with one attached hydrogen (secondary N) is 1. The van der Waals surface area contributed by atoms with E-state index in [1.807, 2.05) is 0 Å². The van der Waals surface area contributed by atoms with Gasteiger partial charge in [0, 0.05) is 23.4 Å². The highest BCUT2D eigenvalue weighted by Crippen LogP contribution is 2.34. The third-order valence-electron chi connectivity index (χ3n) is 6.71. The molecule has 224 valence electrons. The quantitative estimate of drug-likeness (QED) is 0.125. The van der Waals surface area contributed by atoms with Crippen molar-refractivity contribution in [2.24, 2.45) is 0 Å². The van der Waals surface area contributed by atoms with Crippen molar-refractivity contribution in [1.82, 2.24) is 0 Å². The van der Waals surface area contributed by atoms with Gasteiger partial charge in [0.2, 0.25) is 5.91 Å². The van der Waals surface area contributed by atoms with E-state index in [0.29, 0.717) is 46.0 Å². The number of carbonyl (C=O) groups excluding carboxylic acids is 3. The molecule has 2 amide bonds. The molecular weight excluding hydrogens is 539 g/mol. The maximum Gasteiger partial charge on any atom is 0.397 e. The largest absolute Gasteiger partial charge is 0.508 e. The molecule has 0 aromatic heterocycles. The Morgan fingerprint density at radius 1 is 0.905 bits per heavy atom. The number of phenols is 1. The Morgan fingerprint density at radius 2 is 1.57 bits per heavy atom. The molecule has 0 aliphatic heterocycles. The molecule has 0 atom stereocenters. The third kappa shape index (κ3) is 9.06. The van der Waals surface area contributed by atoms with Crippen molar-refractivity contribution in [3.8, 4) is 17.2 Å². The molecule has 0 unspecified atom stereocenters. The molecule has 3 aromatic rings. The van der Waals surface area contributed by atoms with E-state index in [9.17, 15) is 23.9 Å². The van der Waals surface area contributed by atoms with Crippen LogP contribution in [0.1, 0.15) is 69.1 Å². The fraction of sp³-hybridized carbons (Fsp3) is 0.364. The molecule has 3 aromatic carbocycles. The summed E-state index contributed by atoms with van der Waals surface area (Å²) < 4.78 is 24.6. The first kappa shape index (κ1) is 32.1. The third-order valence-corrected chi connectivity index (χ3v) is 6.71. The second-order valence-corrected chi connectivity index (χ2v) is 10.1. The number of esters is 1. The monoisotopic (exact) mass is 578 g/mol. The number of hydrogen-bond donors (Lipinski definition) is 2. The highest BCUT2D eigenvalue weighted by atomic mass is 19.1. The van der Waals surface area contributed by atoms with Gasteiger partial charge in [-0.3, -0.25) is 9.59 Å². The summed E-state index contributed by atoms with van der Waals surface area (Å²) in [6.45, 7) is 7.53. The van der Waals surface area contributed by atoms with Crippen molar-refractivity contribution in [3.05, 3.63) is 77.1 Å². The average molecular weight is 579 g/mol. The number of ether oxygens (including phenoxy) is 2. The zero-order valence-corrected chi connectivity index (χ0v) is 24.7. The van der Waals surface area contributed by atoms with Crippen LogP contribution in [0.3, 0.4) is 0 Å². The van der Waals surface area contributed by atoms with E-state index in [-0.39, 0.29) is 24.8 Å². The summed E-state index contributed by atoms with van der Waals surface area (Å²) in [4.78, 5) is 38.6. The highest BCUT2D eigenvalue weighted by Gasteiger charge is 2.20. The minimum atomic E-state index is -0.964. The molecule has 42 heavy (non-hydrogen) atoms. The number of benzene rings is 3. The Morgan fingerprint density at radius 3 is 2.21 bits per heavy atom. The maximum absolute atomic E-state index is 13.6. The van der Waals surface area contributed by atoms with E-state index in [1.165, 1.54) is 18.2 Å². The number of amides is 2. The lowest BCUT2D eigenvalue weighted by molar-refractivity contribution is -0.152. The molecule has 0 aliphatic rings. The maximum atomic E-state index is 13.6. The van der Waals surface area contributed by atoms with Crippen LogP contribution in [0.15, 0.2) is 54.6 Å². The van der Waals surface area contributed by atoms with E-state index in [4.69, 9.17) is 9.47 Å². The lowest BCUT2D eigenvalue weighted by Crippen LogP contribution is -2.30. The molecule has 0 radical (unpaired) electrons. The first-order valence-electron chi connectivity index (χ1n) is 14.3. The minimum Gasteiger partial charge on any atom is -0.508 e. The van der Waals surface area contributed by atoms with Crippen LogP contribution in [0.5, 0.6) is 17.2 Å². The van der Waals surface area contributed by atoms with Gasteiger partial charge >= 0.3 is 11.9 Å². The summed E-state index contributed by atoms with van der Waals surface area (Å²) in [5.41, 5.74) is 2.83. The van der Waals surface area contributed by atoms with Crippen molar-refractivity contribution in [2.45, 2.75) is 72.8 Å².